The Morgan fingerprint density at radius 1 is 0.861 bits per heavy atom. The van der Waals surface area contributed by atoms with Gasteiger partial charge in [0.1, 0.15) is 48.1 Å². The van der Waals surface area contributed by atoms with Crippen LogP contribution in [0.25, 0.3) is 0 Å². The minimum atomic E-state index is -1.78. The molecule has 3 saturated heterocycles. The molecule has 3 fully saturated rings. The first-order valence-electron chi connectivity index (χ1n) is 27.9. The number of aliphatic hydroxyl groups excluding tert-OH is 1. The highest BCUT2D eigenvalue weighted by atomic mass is 16.6. The highest BCUT2D eigenvalue weighted by Crippen LogP contribution is 2.27. The van der Waals surface area contributed by atoms with Crippen LogP contribution in [0.5, 0.6) is 5.75 Å². The molecule has 0 spiro atoms. The summed E-state index contributed by atoms with van der Waals surface area (Å²) >= 11 is 0. The van der Waals surface area contributed by atoms with E-state index < -0.39 is 150 Å². The Labute approximate surface area is 465 Å². The molecule has 0 saturated carbocycles. The predicted octanol–water partition coefficient (Wildman–Crippen LogP) is 2.52. The first-order chi connectivity index (χ1) is 37.0. The quantitative estimate of drug-likeness (QED) is 0.112. The SMILES string of the molecule is CCC(C)C1NC(=O)C(NC(=O)[C@@H](CC(C)C)N(C)C(=O)[C@@H]2CCCN2C(=O)C(C)=O)[C@@H](C)OC(=O)[C@H](Cc2ccc(OC)cc2)N(C)C(=O)C2CCCN2C(=O)[C@H](CC(C)C)NC(=O)C(C)C(=O)[C@H](C(C)C)OC(=O)C[C@H]1O. The highest BCUT2D eigenvalue weighted by molar-refractivity contribution is 6.35. The molecule has 0 radical (unpaired) electrons. The lowest BCUT2D eigenvalue weighted by atomic mass is 9.91. The van der Waals surface area contributed by atoms with Crippen molar-refractivity contribution in [2.75, 3.05) is 34.3 Å². The second kappa shape index (κ2) is 29.1. The number of amides is 7. The van der Waals surface area contributed by atoms with Gasteiger partial charge in [-0.05, 0) is 93.7 Å². The maximum Gasteiger partial charge on any atom is 0.329 e. The van der Waals surface area contributed by atoms with E-state index in [4.69, 9.17) is 14.2 Å². The number of benzene rings is 1. The Balaban J connectivity index is 1.89. The zero-order chi connectivity index (χ0) is 59.3. The second-order valence-corrected chi connectivity index (χ2v) is 22.8. The molecule has 0 bridgehead atoms. The Morgan fingerprint density at radius 2 is 1.49 bits per heavy atom. The molecule has 79 heavy (non-hydrogen) atoms. The van der Waals surface area contributed by atoms with Crippen molar-refractivity contribution in [3.8, 4) is 5.75 Å². The third kappa shape index (κ3) is 16.8. The van der Waals surface area contributed by atoms with Crippen molar-refractivity contribution in [2.45, 2.75) is 195 Å². The summed E-state index contributed by atoms with van der Waals surface area (Å²) < 4.78 is 17.2. The van der Waals surface area contributed by atoms with Gasteiger partial charge in [0.15, 0.2) is 11.9 Å². The lowest BCUT2D eigenvalue weighted by Crippen LogP contribution is -2.62. The number of hydrogen-bond donors (Lipinski definition) is 4. The summed E-state index contributed by atoms with van der Waals surface area (Å²) in [5, 5.41) is 20.1. The molecule has 0 aliphatic carbocycles. The minimum absolute atomic E-state index is 0.0545. The Bertz CT molecular complexity index is 2380. The molecule has 1 aromatic rings. The van der Waals surface area contributed by atoms with Gasteiger partial charge in [0.25, 0.3) is 5.91 Å². The summed E-state index contributed by atoms with van der Waals surface area (Å²) in [7, 11) is 4.26. The van der Waals surface area contributed by atoms with Gasteiger partial charge in [-0.3, -0.25) is 47.9 Å². The van der Waals surface area contributed by atoms with E-state index in [0.717, 1.165) is 6.92 Å². The largest absolute Gasteiger partial charge is 0.497 e. The number of ether oxygens (including phenoxy) is 3. The van der Waals surface area contributed by atoms with Crippen molar-refractivity contribution in [3.05, 3.63) is 29.8 Å². The fraction of sp³-hybridized carbons (Fsp3) is 0.702. The van der Waals surface area contributed by atoms with Gasteiger partial charge in [-0.1, -0.05) is 73.9 Å². The molecule has 22 heteroatoms. The van der Waals surface area contributed by atoms with Crippen molar-refractivity contribution < 1.29 is 72.1 Å². The maximum atomic E-state index is 15.0. The van der Waals surface area contributed by atoms with Crippen LogP contribution in [-0.4, -0.2) is 184 Å². The van der Waals surface area contributed by atoms with Crippen LogP contribution in [0, 0.1) is 29.6 Å². The van der Waals surface area contributed by atoms with Gasteiger partial charge in [-0.25, -0.2) is 4.79 Å². The molecule has 440 valence electrons. The number of nitrogens with one attached hydrogen (secondary N) is 3. The predicted molar refractivity (Wildman–Crippen MR) is 289 cm³/mol. The van der Waals surface area contributed by atoms with E-state index in [2.05, 4.69) is 16.0 Å². The standard InChI is InChI=1S/C57H87N7O15/c1-15-33(8)46-44(66)29-45(67)79-49(32(6)7)48(68)34(9)50(69)58-39(26-30(2)3)54(73)64-25-17-19-41(64)56(75)62(13)43(28-37-20-22-38(77-14)23-21-37)57(76)78-36(11)47(52(71)59-46)60-51(70)42(27-31(4)5)61(12)55(74)40-18-16-24-63(40)53(72)35(10)65/h20-23,30-34,36,39-44,46-47,49,66H,15-19,24-29H2,1-14H3,(H,58,69)(H,59,71)(H,60,70)/t33?,34?,36-,39+,40+,41?,42-,43+,44-,46?,47?,49+/m1/s1. The monoisotopic (exact) mass is 1110 g/mol. The molecule has 4 rings (SSSR count). The van der Waals surface area contributed by atoms with Gasteiger partial charge in [0.05, 0.1) is 31.6 Å². The van der Waals surface area contributed by atoms with Crippen molar-refractivity contribution in [2.24, 2.45) is 29.6 Å². The van der Waals surface area contributed by atoms with Crippen LogP contribution in [0.15, 0.2) is 24.3 Å². The number of fused-ring (bicyclic) bond motifs is 1. The van der Waals surface area contributed by atoms with Crippen LogP contribution in [-0.2, 0) is 68.6 Å². The number of ketones is 2. The van der Waals surface area contributed by atoms with Crippen LogP contribution in [0.2, 0.25) is 0 Å². The topological polar surface area (TPSA) is 285 Å². The number of Topliss-reactive ketones (excluding diaryl/α,β-unsaturated/α-hetero) is 2. The molecule has 7 amide bonds. The van der Waals surface area contributed by atoms with Crippen molar-refractivity contribution in [1.29, 1.82) is 0 Å². The molecule has 3 heterocycles. The zero-order valence-electron chi connectivity index (χ0n) is 48.7. The van der Waals surface area contributed by atoms with E-state index in [0.29, 0.717) is 30.6 Å². The summed E-state index contributed by atoms with van der Waals surface area (Å²) in [6.07, 6.45) is -3.76. The number of carbonyl (C=O) groups is 11. The summed E-state index contributed by atoms with van der Waals surface area (Å²) in [5.74, 6) is -11.3. The molecular weight excluding hydrogens is 1020 g/mol. The van der Waals surface area contributed by atoms with Gasteiger partial charge in [-0.2, -0.15) is 0 Å². The van der Waals surface area contributed by atoms with Crippen molar-refractivity contribution in [1.82, 2.24) is 35.6 Å². The fourth-order valence-electron chi connectivity index (χ4n) is 10.5. The molecule has 1 aromatic carbocycles. The first-order valence-corrected chi connectivity index (χ1v) is 27.9. The molecule has 3 aliphatic rings. The van der Waals surface area contributed by atoms with Crippen LogP contribution in [0.1, 0.15) is 133 Å². The van der Waals surface area contributed by atoms with Crippen LogP contribution in [0.4, 0.5) is 0 Å². The van der Waals surface area contributed by atoms with Gasteiger partial charge in [0, 0.05) is 40.5 Å². The lowest BCUT2D eigenvalue weighted by Gasteiger charge is -2.36. The molecule has 3 aliphatic heterocycles. The average Bonchev–Trinajstić information content (AvgIpc) is 4.13. The number of likely N-dealkylation sites (tertiary alicyclic amines) is 1. The maximum absolute atomic E-state index is 15.0. The third-order valence-electron chi connectivity index (χ3n) is 15.4. The number of cyclic esters (lactones) is 2. The molecule has 12 atom stereocenters. The van der Waals surface area contributed by atoms with Gasteiger partial charge in [-0.15, -0.1) is 0 Å². The number of rotatable bonds is 15. The van der Waals surface area contributed by atoms with E-state index in [9.17, 15) is 57.8 Å². The number of nitrogens with zero attached hydrogens (tertiary/aromatic N) is 4. The number of aliphatic hydroxyl groups is 1. The van der Waals surface area contributed by atoms with Crippen LogP contribution in [0.3, 0.4) is 0 Å². The summed E-state index contributed by atoms with van der Waals surface area (Å²) in [4.78, 5) is 160. The van der Waals surface area contributed by atoms with Crippen LogP contribution >= 0.6 is 0 Å². The Hall–Kier alpha value is -6.45. The number of esters is 2. The second-order valence-electron chi connectivity index (χ2n) is 22.8. The molecule has 0 aromatic heterocycles. The molecule has 22 nitrogen and oxygen atoms in total. The number of carbonyl (C=O) groups excluding carboxylic acids is 11. The fourth-order valence-corrected chi connectivity index (χ4v) is 10.5. The van der Waals surface area contributed by atoms with Crippen LogP contribution < -0.4 is 20.7 Å². The normalized spacial score (nSPS) is 27.2. The van der Waals surface area contributed by atoms with E-state index in [1.165, 1.54) is 54.7 Å². The Kier molecular flexibility index (Phi) is 24.0. The van der Waals surface area contributed by atoms with Crippen molar-refractivity contribution in [3.63, 3.8) is 0 Å². The number of likely N-dealkylation sites (N-methyl/N-ethyl adjacent to an activating group) is 2. The third-order valence-corrected chi connectivity index (χ3v) is 15.4. The van der Waals surface area contributed by atoms with Gasteiger partial charge < -0.3 is 54.9 Å². The summed E-state index contributed by atoms with van der Waals surface area (Å²) in [6, 6.07) is -2.32. The first kappa shape index (κ1) is 65.1. The highest BCUT2D eigenvalue weighted by Gasteiger charge is 2.46. The lowest BCUT2D eigenvalue weighted by molar-refractivity contribution is -0.163. The molecule has 5 unspecified atom stereocenters. The van der Waals surface area contributed by atoms with E-state index in [-0.39, 0.29) is 57.0 Å². The summed E-state index contributed by atoms with van der Waals surface area (Å²) in [5.41, 5.74) is 0.566. The summed E-state index contributed by atoms with van der Waals surface area (Å²) in [6.45, 7) is 18.1. The molecular formula is C57H87N7O15. The van der Waals surface area contributed by atoms with E-state index in [1.807, 2.05) is 27.7 Å². The molecule has 4 N–H and O–H groups in total. The number of hydrogen-bond acceptors (Lipinski definition) is 15. The zero-order valence-corrected chi connectivity index (χ0v) is 48.7. The average molecular weight is 1110 g/mol. The van der Waals surface area contributed by atoms with E-state index in [1.54, 1.807) is 52.0 Å². The van der Waals surface area contributed by atoms with Gasteiger partial charge in [0.2, 0.25) is 41.2 Å². The van der Waals surface area contributed by atoms with Crippen molar-refractivity contribution >= 4 is 64.9 Å². The number of methoxy groups -OCH3 is 1. The Morgan fingerprint density at radius 3 is 2.06 bits per heavy atom. The van der Waals surface area contributed by atoms with E-state index >= 15 is 0 Å². The van der Waals surface area contributed by atoms with Gasteiger partial charge >= 0.3 is 11.9 Å². The smallest absolute Gasteiger partial charge is 0.329 e. The minimum Gasteiger partial charge on any atom is -0.497 e.